The number of nitrogens with one attached hydrogen (secondary N) is 1. The molecule has 0 aliphatic heterocycles. The summed E-state index contributed by atoms with van der Waals surface area (Å²) < 4.78 is 38.3. The van der Waals surface area contributed by atoms with E-state index in [4.69, 9.17) is 0 Å². The molecule has 3 aromatic rings. The Morgan fingerprint density at radius 3 is 2.59 bits per heavy atom. The van der Waals surface area contributed by atoms with Gasteiger partial charge in [0.2, 0.25) is 5.91 Å². The Balaban J connectivity index is 1.92. The van der Waals surface area contributed by atoms with Gasteiger partial charge in [0, 0.05) is 19.8 Å². The summed E-state index contributed by atoms with van der Waals surface area (Å²) in [6, 6.07) is 4.70. The molecule has 2 heterocycles. The van der Waals surface area contributed by atoms with Gasteiger partial charge in [0.1, 0.15) is 11.4 Å². The van der Waals surface area contributed by atoms with E-state index in [-0.39, 0.29) is 23.4 Å². The van der Waals surface area contributed by atoms with Crippen molar-refractivity contribution < 1.29 is 17.1 Å². The van der Waals surface area contributed by atoms with Crippen LogP contribution in [0.3, 0.4) is 0 Å². The molecule has 1 N–H and O–H groups in total. The second kappa shape index (κ2) is 6.46. The maximum atomic E-state index is 13.1. The Kier molecular flexibility index (Phi) is 4.43. The first-order valence-electron chi connectivity index (χ1n) is 7.55. The molecule has 0 unspecified atom stereocenters. The lowest BCUT2D eigenvalue weighted by molar-refractivity contribution is -0.116. The maximum absolute atomic E-state index is 13.1. The molecule has 142 valence electrons. The molecule has 0 fully saturated rings. The topological polar surface area (TPSA) is 125 Å². The zero-order valence-electron chi connectivity index (χ0n) is 14.2. The number of anilines is 1. The Bertz CT molecular complexity index is 1290. The van der Waals surface area contributed by atoms with Crippen LogP contribution in [0.15, 0.2) is 45.1 Å². The third-order valence-corrected chi connectivity index (χ3v) is 4.75. The average molecular weight is 395 g/mol. The number of halogens is 1. The number of hydrogen-bond acceptors (Lipinski definition) is 6. The standard InChI is InChI=1S/C15H14FN5O5S/c1-19-13-12(14(23)20(2)15(19)24)21(8-17-13)7-11(22)18-9-4-3-5-10(6-9)27(16,25)26/h3-6,8H,7H2,1-2H3,(H,18,22). The van der Waals surface area contributed by atoms with E-state index < -0.39 is 32.3 Å². The molecule has 3 rings (SSSR count). The van der Waals surface area contributed by atoms with E-state index in [2.05, 4.69) is 10.3 Å². The van der Waals surface area contributed by atoms with Crippen molar-refractivity contribution in [3.05, 3.63) is 51.4 Å². The fraction of sp³-hybridized carbons (Fsp3) is 0.200. The van der Waals surface area contributed by atoms with Crippen LogP contribution in [0.1, 0.15) is 0 Å². The van der Waals surface area contributed by atoms with Crippen molar-refractivity contribution in [2.45, 2.75) is 11.4 Å². The van der Waals surface area contributed by atoms with Gasteiger partial charge in [0.15, 0.2) is 11.2 Å². The first-order chi connectivity index (χ1) is 12.6. The molecule has 0 saturated heterocycles. The molecule has 0 spiro atoms. The van der Waals surface area contributed by atoms with Gasteiger partial charge in [-0.15, -0.1) is 3.89 Å². The summed E-state index contributed by atoms with van der Waals surface area (Å²) in [5, 5.41) is 2.42. The minimum atomic E-state index is -4.90. The van der Waals surface area contributed by atoms with Crippen molar-refractivity contribution >= 4 is 33.0 Å². The lowest BCUT2D eigenvalue weighted by atomic mass is 10.3. The largest absolute Gasteiger partial charge is 0.332 e. The Hall–Kier alpha value is -3.28. The number of aromatic nitrogens is 4. The van der Waals surface area contributed by atoms with E-state index in [1.807, 2.05) is 0 Å². The second-order valence-electron chi connectivity index (χ2n) is 5.76. The van der Waals surface area contributed by atoms with Gasteiger partial charge in [0.25, 0.3) is 5.56 Å². The minimum Gasteiger partial charge on any atom is -0.324 e. The summed E-state index contributed by atoms with van der Waals surface area (Å²) in [6.07, 6.45) is 1.24. The predicted octanol–water partition coefficient (Wildman–Crippen LogP) is -0.269. The van der Waals surface area contributed by atoms with Gasteiger partial charge >= 0.3 is 15.9 Å². The normalized spacial score (nSPS) is 11.7. The molecule has 27 heavy (non-hydrogen) atoms. The average Bonchev–Trinajstić information content (AvgIpc) is 3.01. The van der Waals surface area contributed by atoms with E-state index in [0.29, 0.717) is 0 Å². The van der Waals surface area contributed by atoms with Crippen LogP contribution in [0, 0.1) is 0 Å². The number of hydrogen-bond donors (Lipinski definition) is 1. The number of carbonyl (C=O) groups excluding carboxylic acids is 1. The molecular weight excluding hydrogens is 381 g/mol. The van der Waals surface area contributed by atoms with E-state index >= 15 is 0 Å². The number of rotatable bonds is 4. The summed E-state index contributed by atoms with van der Waals surface area (Å²) in [4.78, 5) is 39.9. The number of aryl methyl sites for hydroxylation is 1. The smallest absolute Gasteiger partial charge is 0.324 e. The van der Waals surface area contributed by atoms with Crippen molar-refractivity contribution in [3.63, 3.8) is 0 Å². The molecule has 0 bridgehead atoms. The number of amides is 1. The zero-order chi connectivity index (χ0) is 19.9. The van der Waals surface area contributed by atoms with Crippen molar-refractivity contribution in [1.82, 2.24) is 18.7 Å². The van der Waals surface area contributed by atoms with Crippen molar-refractivity contribution in [3.8, 4) is 0 Å². The van der Waals surface area contributed by atoms with Crippen LogP contribution in [0.2, 0.25) is 0 Å². The van der Waals surface area contributed by atoms with E-state index in [1.165, 1.54) is 41.7 Å². The molecule has 0 radical (unpaired) electrons. The quantitative estimate of drug-likeness (QED) is 0.607. The highest BCUT2D eigenvalue weighted by Crippen LogP contribution is 2.17. The number of nitrogens with zero attached hydrogens (tertiary/aromatic N) is 4. The molecule has 12 heteroatoms. The number of benzene rings is 1. The minimum absolute atomic E-state index is 0.0647. The SMILES string of the molecule is Cn1c(=O)c2c(ncn2CC(=O)Nc2cccc(S(=O)(=O)F)c2)n(C)c1=O. The van der Waals surface area contributed by atoms with Crippen LogP contribution >= 0.6 is 0 Å². The summed E-state index contributed by atoms with van der Waals surface area (Å²) in [6.45, 7) is -0.323. The van der Waals surface area contributed by atoms with Crippen LogP contribution in [-0.2, 0) is 35.7 Å². The molecule has 10 nitrogen and oxygen atoms in total. The Labute approximate surface area is 151 Å². The monoisotopic (exact) mass is 395 g/mol. The van der Waals surface area contributed by atoms with Gasteiger partial charge in [-0.25, -0.2) is 9.78 Å². The first-order valence-corrected chi connectivity index (χ1v) is 8.93. The highest BCUT2D eigenvalue weighted by molar-refractivity contribution is 7.86. The molecule has 0 saturated carbocycles. The highest BCUT2D eigenvalue weighted by Gasteiger charge is 2.17. The third-order valence-electron chi connectivity index (χ3n) is 3.93. The lowest BCUT2D eigenvalue weighted by Crippen LogP contribution is -2.37. The van der Waals surface area contributed by atoms with Gasteiger partial charge < -0.3 is 9.88 Å². The van der Waals surface area contributed by atoms with Crippen molar-refractivity contribution in [1.29, 1.82) is 0 Å². The highest BCUT2D eigenvalue weighted by atomic mass is 32.3. The first kappa shape index (κ1) is 18.5. The Morgan fingerprint density at radius 1 is 1.22 bits per heavy atom. The molecular formula is C15H14FN5O5S. The zero-order valence-corrected chi connectivity index (χ0v) is 15.0. The van der Waals surface area contributed by atoms with Crippen LogP contribution < -0.4 is 16.6 Å². The summed E-state index contributed by atoms with van der Waals surface area (Å²) >= 11 is 0. The molecule has 0 aliphatic rings. The predicted molar refractivity (Wildman–Crippen MR) is 93.6 cm³/mol. The fourth-order valence-corrected chi connectivity index (χ4v) is 3.11. The van der Waals surface area contributed by atoms with Gasteiger partial charge in [-0.05, 0) is 18.2 Å². The van der Waals surface area contributed by atoms with Crippen molar-refractivity contribution in [2.24, 2.45) is 14.1 Å². The molecule has 2 aromatic heterocycles. The van der Waals surface area contributed by atoms with Gasteiger partial charge in [-0.1, -0.05) is 6.07 Å². The summed E-state index contributed by atoms with van der Waals surface area (Å²) in [5.74, 6) is -0.599. The van der Waals surface area contributed by atoms with Gasteiger partial charge in [-0.3, -0.25) is 18.7 Å². The van der Waals surface area contributed by atoms with Crippen LogP contribution in [-0.4, -0.2) is 33.0 Å². The number of fused-ring (bicyclic) bond motifs is 1. The fourth-order valence-electron chi connectivity index (χ4n) is 2.60. The number of imidazole rings is 1. The molecule has 1 aromatic carbocycles. The molecule has 1 amide bonds. The number of carbonyl (C=O) groups is 1. The maximum Gasteiger partial charge on any atom is 0.332 e. The van der Waals surface area contributed by atoms with E-state index in [9.17, 15) is 26.7 Å². The lowest BCUT2D eigenvalue weighted by Gasteiger charge is -2.08. The van der Waals surface area contributed by atoms with Gasteiger partial charge in [0.05, 0.1) is 6.33 Å². The Morgan fingerprint density at radius 2 is 1.93 bits per heavy atom. The molecule has 0 atom stereocenters. The van der Waals surface area contributed by atoms with E-state index in [1.54, 1.807) is 0 Å². The molecule has 0 aliphatic carbocycles. The summed E-state index contributed by atoms with van der Waals surface area (Å²) in [5.41, 5.74) is -0.893. The van der Waals surface area contributed by atoms with Crippen LogP contribution in [0.4, 0.5) is 9.57 Å². The second-order valence-corrected chi connectivity index (χ2v) is 7.11. The van der Waals surface area contributed by atoms with Gasteiger partial charge in [-0.2, -0.15) is 8.42 Å². The third kappa shape index (κ3) is 3.38. The van der Waals surface area contributed by atoms with Crippen LogP contribution in [0.25, 0.3) is 11.2 Å². The van der Waals surface area contributed by atoms with E-state index in [0.717, 1.165) is 16.7 Å². The van der Waals surface area contributed by atoms with Crippen LogP contribution in [0.5, 0.6) is 0 Å². The summed E-state index contributed by atoms with van der Waals surface area (Å²) in [7, 11) is -2.14. The van der Waals surface area contributed by atoms with Crippen molar-refractivity contribution in [2.75, 3.05) is 5.32 Å².